The van der Waals surface area contributed by atoms with Gasteiger partial charge in [-0.05, 0) is 39.0 Å². The van der Waals surface area contributed by atoms with Crippen molar-refractivity contribution >= 4 is 33.5 Å². The summed E-state index contributed by atoms with van der Waals surface area (Å²) in [5.74, 6) is -1.32. The summed E-state index contributed by atoms with van der Waals surface area (Å²) in [5, 5.41) is 2.56. The lowest BCUT2D eigenvalue weighted by atomic mass is 10.1. The third-order valence-corrected chi connectivity index (χ3v) is 5.05. The smallest absolute Gasteiger partial charge is 0.338 e. The molecule has 0 aliphatic rings. The molecule has 0 unspecified atom stereocenters. The van der Waals surface area contributed by atoms with E-state index in [0.29, 0.717) is 4.47 Å². The van der Waals surface area contributed by atoms with Crippen molar-refractivity contribution in [2.24, 2.45) is 0 Å². The molecule has 1 rings (SSSR count). The van der Waals surface area contributed by atoms with Gasteiger partial charge >= 0.3 is 5.97 Å². The number of esters is 1. The van der Waals surface area contributed by atoms with E-state index in [1.807, 2.05) is 0 Å². The zero-order valence-electron chi connectivity index (χ0n) is 14.6. The zero-order chi connectivity index (χ0) is 19.4. The summed E-state index contributed by atoms with van der Waals surface area (Å²) < 4.78 is 30.1. The molecule has 1 N–H and O–H groups in total. The second-order valence-corrected chi connectivity index (χ2v) is 8.43. The van der Waals surface area contributed by atoms with Crippen LogP contribution >= 0.6 is 11.6 Å². The van der Waals surface area contributed by atoms with E-state index in [0.717, 1.165) is 6.07 Å². The molecule has 0 saturated carbocycles. The van der Waals surface area contributed by atoms with E-state index in [9.17, 15) is 18.0 Å². The van der Waals surface area contributed by atoms with Gasteiger partial charge in [0.15, 0.2) is 6.61 Å². The number of nitrogens with one attached hydrogen (secondary N) is 1. The topological polar surface area (TPSA) is 102 Å². The minimum absolute atomic E-state index is 0.0592. The number of hydroxylamine groups is 1. The van der Waals surface area contributed by atoms with E-state index in [1.165, 1.54) is 26.3 Å². The van der Waals surface area contributed by atoms with Crippen molar-refractivity contribution in [1.29, 1.82) is 0 Å². The van der Waals surface area contributed by atoms with E-state index in [2.05, 4.69) is 10.2 Å². The molecule has 0 heterocycles. The Labute approximate surface area is 152 Å². The third-order valence-electron chi connectivity index (χ3n) is 2.89. The van der Waals surface area contributed by atoms with Crippen LogP contribution in [-0.2, 0) is 24.4 Å². The second kappa shape index (κ2) is 8.13. The Morgan fingerprint density at radius 3 is 2.40 bits per heavy atom. The number of hydrogen-bond acceptors (Lipinski definition) is 6. The molecule has 0 radical (unpaired) electrons. The molecular formula is C15H21ClN2O6S. The standard InChI is InChI=1S/C15H21ClN2O6S/c1-15(2,3)17-13(19)9-24-14(20)10-6-7-11(16)12(8-10)25(21,22)18(4)23-5/h6-8H,9H2,1-5H3,(H,17,19). The Morgan fingerprint density at radius 2 is 1.88 bits per heavy atom. The zero-order valence-corrected chi connectivity index (χ0v) is 16.2. The Kier molecular flexibility index (Phi) is 6.95. The number of carbonyl (C=O) groups excluding carboxylic acids is 2. The highest BCUT2D eigenvalue weighted by Gasteiger charge is 2.25. The summed E-state index contributed by atoms with van der Waals surface area (Å²) in [5.41, 5.74) is -0.522. The molecule has 10 heteroatoms. The van der Waals surface area contributed by atoms with Gasteiger partial charge in [0.1, 0.15) is 4.90 Å². The highest BCUT2D eigenvalue weighted by molar-refractivity contribution is 7.89. The number of amides is 1. The maximum absolute atomic E-state index is 12.3. The molecule has 0 aliphatic heterocycles. The lowest BCUT2D eigenvalue weighted by Crippen LogP contribution is -2.42. The highest BCUT2D eigenvalue weighted by Crippen LogP contribution is 2.25. The maximum atomic E-state index is 12.3. The monoisotopic (exact) mass is 392 g/mol. The predicted octanol–water partition coefficient (Wildman–Crippen LogP) is 1.59. The van der Waals surface area contributed by atoms with Crippen LogP contribution in [0.25, 0.3) is 0 Å². The van der Waals surface area contributed by atoms with Crippen LogP contribution in [0.2, 0.25) is 5.02 Å². The molecule has 0 fully saturated rings. The minimum atomic E-state index is -4.04. The predicted molar refractivity (Wildman–Crippen MR) is 91.6 cm³/mol. The van der Waals surface area contributed by atoms with E-state index in [4.69, 9.17) is 16.3 Å². The van der Waals surface area contributed by atoms with Gasteiger partial charge in [0.05, 0.1) is 17.7 Å². The van der Waals surface area contributed by atoms with Gasteiger partial charge in [-0.3, -0.25) is 9.63 Å². The molecule has 0 atom stereocenters. The summed E-state index contributed by atoms with van der Waals surface area (Å²) in [4.78, 5) is 28.1. The first kappa shape index (κ1) is 21.4. The van der Waals surface area contributed by atoms with Gasteiger partial charge in [0, 0.05) is 12.6 Å². The fourth-order valence-corrected chi connectivity index (χ4v) is 3.21. The van der Waals surface area contributed by atoms with Gasteiger partial charge in [-0.2, -0.15) is 0 Å². The van der Waals surface area contributed by atoms with E-state index >= 15 is 0 Å². The minimum Gasteiger partial charge on any atom is -0.452 e. The fourth-order valence-electron chi connectivity index (χ4n) is 1.73. The van der Waals surface area contributed by atoms with Gasteiger partial charge in [-0.1, -0.05) is 16.1 Å². The quantitative estimate of drug-likeness (QED) is 0.582. The van der Waals surface area contributed by atoms with Gasteiger partial charge in [-0.25, -0.2) is 13.2 Å². The molecule has 0 aliphatic carbocycles. The molecule has 1 aromatic rings. The lowest BCUT2D eigenvalue weighted by molar-refractivity contribution is -0.125. The Balaban J connectivity index is 2.95. The second-order valence-electron chi connectivity index (χ2n) is 6.12. The summed E-state index contributed by atoms with van der Waals surface area (Å²) >= 11 is 5.91. The molecule has 8 nitrogen and oxygen atoms in total. The lowest BCUT2D eigenvalue weighted by Gasteiger charge is -2.20. The molecule has 0 saturated heterocycles. The van der Waals surface area contributed by atoms with Crippen LogP contribution in [0.3, 0.4) is 0 Å². The van der Waals surface area contributed by atoms with Gasteiger partial charge in [0.2, 0.25) is 0 Å². The van der Waals surface area contributed by atoms with Crippen LogP contribution in [0.1, 0.15) is 31.1 Å². The number of rotatable bonds is 6. The van der Waals surface area contributed by atoms with Gasteiger partial charge in [0.25, 0.3) is 15.9 Å². The normalized spacial score (nSPS) is 12.1. The summed E-state index contributed by atoms with van der Waals surface area (Å²) in [7, 11) is -1.67. The van der Waals surface area contributed by atoms with Crippen LogP contribution in [0.4, 0.5) is 0 Å². The average molecular weight is 393 g/mol. The van der Waals surface area contributed by atoms with Crippen LogP contribution in [0, 0.1) is 0 Å². The van der Waals surface area contributed by atoms with Crippen molar-refractivity contribution in [3.63, 3.8) is 0 Å². The van der Waals surface area contributed by atoms with Crippen molar-refractivity contribution in [1.82, 2.24) is 9.79 Å². The molecule has 0 bridgehead atoms. The largest absolute Gasteiger partial charge is 0.452 e. The van der Waals surface area contributed by atoms with Gasteiger partial charge < -0.3 is 10.1 Å². The molecule has 0 aromatic heterocycles. The fraction of sp³-hybridized carbons (Fsp3) is 0.467. The number of nitrogens with zero attached hydrogens (tertiary/aromatic N) is 1. The molecule has 0 spiro atoms. The van der Waals surface area contributed by atoms with Crippen molar-refractivity contribution in [2.45, 2.75) is 31.2 Å². The molecule has 25 heavy (non-hydrogen) atoms. The van der Waals surface area contributed by atoms with Gasteiger partial charge in [-0.15, -0.1) is 0 Å². The number of hydrogen-bond donors (Lipinski definition) is 1. The Morgan fingerprint density at radius 1 is 1.28 bits per heavy atom. The number of halogens is 1. The van der Waals surface area contributed by atoms with Crippen molar-refractivity contribution in [3.05, 3.63) is 28.8 Å². The highest BCUT2D eigenvalue weighted by atomic mass is 35.5. The maximum Gasteiger partial charge on any atom is 0.338 e. The molecule has 1 amide bonds. The van der Waals surface area contributed by atoms with Crippen molar-refractivity contribution < 1.29 is 27.6 Å². The average Bonchev–Trinajstić information content (AvgIpc) is 2.50. The summed E-state index contributed by atoms with van der Waals surface area (Å²) in [6.07, 6.45) is 0. The van der Waals surface area contributed by atoms with E-state index < -0.39 is 34.0 Å². The van der Waals surface area contributed by atoms with Crippen LogP contribution in [-0.4, -0.2) is 51.1 Å². The summed E-state index contributed by atoms with van der Waals surface area (Å²) in [6.45, 7) is 4.87. The Hall–Kier alpha value is -1.68. The van der Waals surface area contributed by atoms with E-state index in [1.54, 1.807) is 20.8 Å². The number of benzene rings is 1. The van der Waals surface area contributed by atoms with Crippen LogP contribution < -0.4 is 5.32 Å². The third kappa shape index (κ3) is 5.96. The Bertz CT molecular complexity index is 758. The molecular weight excluding hydrogens is 372 g/mol. The number of carbonyl (C=O) groups is 2. The first-order valence-corrected chi connectivity index (χ1v) is 9.01. The first-order chi connectivity index (χ1) is 11.4. The number of ether oxygens (including phenoxy) is 1. The van der Waals surface area contributed by atoms with Crippen LogP contribution in [0.5, 0.6) is 0 Å². The van der Waals surface area contributed by atoms with Crippen molar-refractivity contribution in [2.75, 3.05) is 20.8 Å². The SMILES string of the molecule is CON(C)S(=O)(=O)c1cc(C(=O)OCC(=O)NC(C)(C)C)ccc1Cl. The number of sulfonamides is 1. The summed E-state index contributed by atoms with van der Waals surface area (Å²) in [6, 6.07) is 3.62. The molecule has 140 valence electrons. The first-order valence-electron chi connectivity index (χ1n) is 7.19. The van der Waals surface area contributed by atoms with Crippen molar-refractivity contribution in [3.8, 4) is 0 Å². The van der Waals surface area contributed by atoms with E-state index in [-0.39, 0.29) is 15.5 Å². The molecule has 1 aromatic carbocycles. The van der Waals surface area contributed by atoms with Crippen LogP contribution in [0.15, 0.2) is 23.1 Å².